The van der Waals surface area contributed by atoms with E-state index in [0.29, 0.717) is 13.1 Å². The first kappa shape index (κ1) is 16.4. The van der Waals surface area contributed by atoms with Crippen LogP contribution in [0.2, 0.25) is 0 Å². The third kappa shape index (κ3) is 4.31. The molecular formula is C19H26N4O. The minimum Gasteiger partial charge on any atom is -0.371 e. The fourth-order valence-corrected chi connectivity index (χ4v) is 3.19. The van der Waals surface area contributed by atoms with Gasteiger partial charge in [0.1, 0.15) is 0 Å². The number of rotatable bonds is 5. The molecule has 0 saturated carbocycles. The molecule has 1 aliphatic heterocycles. The summed E-state index contributed by atoms with van der Waals surface area (Å²) in [6.45, 7) is 3.31. The minimum atomic E-state index is -0.132. The predicted molar refractivity (Wildman–Crippen MR) is 97.0 cm³/mol. The highest BCUT2D eigenvalue weighted by Crippen LogP contribution is 2.23. The number of carbonyl (C=O) groups excluding carboxylic acids is 1. The summed E-state index contributed by atoms with van der Waals surface area (Å²) in [6, 6.07) is 10.2. The Balaban J connectivity index is 1.53. The van der Waals surface area contributed by atoms with Gasteiger partial charge >= 0.3 is 6.03 Å². The summed E-state index contributed by atoms with van der Waals surface area (Å²) in [7, 11) is 1.97. The Hall–Kier alpha value is -2.43. The Labute approximate surface area is 143 Å². The first-order valence-electron chi connectivity index (χ1n) is 8.68. The zero-order valence-electron chi connectivity index (χ0n) is 14.3. The van der Waals surface area contributed by atoms with E-state index in [1.54, 1.807) is 0 Å². The molecule has 2 amide bonds. The number of nitrogens with zero attached hydrogens (tertiary/aromatic N) is 2. The summed E-state index contributed by atoms with van der Waals surface area (Å²) in [6.07, 6.45) is 7.80. The van der Waals surface area contributed by atoms with E-state index in [2.05, 4.69) is 33.7 Å². The van der Waals surface area contributed by atoms with Crippen molar-refractivity contribution in [1.29, 1.82) is 0 Å². The van der Waals surface area contributed by atoms with Crippen LogP contribution in [0.3, 0.4) is 0 Å². The van der Waals surface area contributed by atoms with E-state index in [0.717, 1.165) is 18.7 Å². The Morgan fingerprint density at radius 2 is 1.79 bits per heavy atom. The molecule has 0 bridgehead atoms. The van der Waals surface area contributed by atoms with Gasteiger partial charge in [0.2, 0.25) is 0 Å². The number of nitrogens with one attached hydrogen (secondary N) is 2. The lowest BCUT2D eigenvalue weighted by atomic mass is 10.1. The number of anilines is 1. The maximum Gasteiger partial charge on any atom is 0.315 e. The lowest BCUT2D eigenvalue weighted by molar-refractivity contribution is 0.240. The van der Waals surface area contributed by atoms with Crippen LogP contribution in [0.5, 0.6) is 0 Å². The number of aryl methyl sites for hydroxylation is 1. The molecule has 5 nitrogen and oxygen atoms in total. The Morgan fingerprint density at radius 1 is 1.04 bits per heavy atom. The summed E-state index contributed by atoms with van der Waals surface area (Å²) in [5.74, 6) is 0. The fraction of sp³-hybridized carbons (Fsp3) is 0.421. The van der Waals surface area contributed by atoms with Gasteiger partial charge in [-0.3, -0.25) is 0 Å². The van der Waals surface area contributed by atoms with E-state index in [-0.39, 0.29) is 6.03 Å². The molecule has 5 heteroatoms. The molecule has 0 atom stereocenters. The van der Waals surface area contributed by atoms with Gasteiger partial charge < -0.3 is 20.1 Å². The highest BCUT2D eigenvalue weighted by Gasteiger charge is 2.14. The molecule has 1 aromatic carbocycles. The van der Waals surface area contributed by atoms with Crippen molar-refractivity contribution >= 4 is 11.7 Å². The number of amides is 2. The van der Waals surface area contributed by atoms with Crippen molar-refractivity contribution in [2.45, 2.75) is 32.4 Å². The summed E-state index contributed by atoms with van der Waals surface area (Å²) in [4.78, 5) is 14.5. The topological polar surface area (TPSA) is 49.3 Å². The Bertz CT molecular complexity index is 674. The van der Waals surface area contributed by atoms with Crippen LogP contribution in [0.1, 0.15) is 30.4 Å². The van der Waals surface area contributed by atoms with Crippen molar-refractivity contribution in [3.05, 3.63) is 53.9 Å². The van der Waals surface area contributed by atoms with E-state index in [9.17, 15) is 4.79 Å². The number of hydrogen-bond donors (Lipinski definition) is 2. The van der Waals surface area contributed by atoms with Crippen LogP contribution in [-0.4, -0.2) is 23.7 Å². The zero-order valence-corrected chi connectivity index (χ0v) is 14.3. The monoisotopic (exact) mass is 326 g/mol. The summed E-state index contributed by atoms with van der Waals surface area (Å²) < 4.78 is 1.98. The summed E-state index contributed by atoms with van der Waals surface area (Å²) >= 11 is 0. The minimum absolute atomic E-state index is 0.132. The molecule has 0 radical (unpaired) electrons. The van der Waals surface area contributed by atoms with E-state index in [1.165, 1.54) is 30.5 Å². The van der Waals surface area contributed by atoms with Crippen molar-refractivity contribution in [2.24, 2.45) is 7.05 Å². The summed E-state index contributed by atoms with van der Waals surface area (Å²) in [5, 5.41) is 5.88. The standard InChI is InChI=1S/C19H26N4O/c1-22-12-9-16(15-22)13-20-19(24)21-14-17-7-3-4-8-18(17)23-10-5-2-6-11-23/h3-4,7-9,12,15H,2,5-6,10-11,13-14H2,1H3,(H2,20,21,24). The third-order valence-corrected chi connectivity index (χ3v) is 4.47. The Morgan fingerprint density at radius 3 is 2.54 bits per heavy atom. The van der Waals surface area contributed by atoms with Crippen LogP contribution in [0.25, 0.3) is 0 Å². The van der Waals surface area contributed by atoms with Gasteiger partial charge in [-0.25, -0.2) is 4.79 Å². The molecule has 1 aromatic heterocycles. The second kappa shape index (κ2) is 7.90. The van der Waals surface area contributed by atoms with Crippen LogP contribution in [-0.2, 0) is 20.1 Å². The number of para-hydroxylation sites is 1. The fourth-order valence-electron chi connectivity index (χ4n) is 3.19. The third-order valence-electron chi connectivity index (χ3n) is 4.47. The van der Waals surface area contributed by atoms with Gasteiger partial charge in [-0.15, -0.1) is 0 Å². The molecule has 128 valence electrons. The van der Waals surface area contributed by atoms with Crippen molar-refractivity contribution < 1.29 is 4.79 Å². The second-order valence-corrected chi connectivity index (χ2v) is 6.40. The lowest BCUT2D eigenvalue weighted by Crippen LogP contribution is -2.35. The maximum atomic E-state index is 12.0. The SMILES string of the molecule is Cn1ccc(CNC(=O)NCc2ccccc2N2CCCCC2)c1. The van der Waals surface area contributed by atoms with Gasteiger partial charge in [-0.05, 0) is 42.5 Å². The van der Waals surface area contributed by atoms with Gasteiger partial charge in [-0.1, -0.05) is 18.2 Å². The molecule has 3 rings (SSSR count). The van der Waals surface area contributed by atoms with Gasteiger partial charge in [0.05, 0.1) is 0 Å². The number of hydrogen-bond acceptors (Lipinski definition) is 2. The number of piperidine rings is 1. The van der Waals surface area contributed by atoms with Crippen LogP contribution in [0.15, 0.2) is 42.7 Å². The highest BCUT2D eigenvalue weighted by atomic mass is 16.2. The molecule has 0 aliphatic carbocycles. The van der Waals surface area contributed by atoms with Gasteiger partial charge in [-0.2, -0.15) is 0 Å². The average Bonchev–Trinajstić information content (AvgIpc) is 3.04. The molecule has 0 spiro atoms. The Kier molecular flexibility index (Phi) is 5.41. The van der Waals surface area contributed by atoms with Crippen molar-refractivity contribution in [2.75, 3.05) is 18.0 Å². The number of urea groups is 1. The van der Waals surface area contributed by atoms with Crippen LogP contribution >= 0.6 is 0 Å². The van der Waals surface area contributed by atoms with E-state index < -0.39 is 0 Å². The largest absolute Gasteiger partial charge is 0.371 e. The first-order valence-corrected chi connectivity index (χ1v) is 8.68. The quantitative estimate of drug-likeness (QED) is 0.887. The number of aromatic nitrogens is 1. The zero-order chi connectivity index (χ0) is 16.8. The molecule has 24 heavy (non-hydrogen) atoms. The van der Waals surface area contributed by atoms with Gasteiger partial charge in [0, 0.05) is 51.3 Å². The normalized spacial score (nSPS) is 14.5. The van der Waals surface area contributed by atoms with Gasteiger partial charge in [0.15, 0.2) is 0 Å². The van der Waals surface area contributed by atoms with Crippen LogP contribution in [0, 0.1) is 0 Å². The highest BCUT2D eigenvalue weighted by molar-refractivity contribution is 5.74. The maximum absolute atomic E-state index is 12.0. The van der Waals surface area contributed by atoms with Crippen molar-refractivity contribution in [1.82, 2.24) is 15.2 Å². The molecule has 1 aliphatic rings. The van der Waals surface area contributed by atoms with Crippen molar-refractivity contribution in [3.8, 4) is 0 Å². The number of benzene rings is 1. The second-order valence-electron chi connectivity index (χ2n) is 6.40. The molecular weight excluding hydrogens is 300 g/mol. The van der Waals surface area contributed by atoms with E-state index in [4.69, 9.17) is 0 Å². The molecule has 1 saturated heterocycles. The molecule has 2 N–H and O–H groups in total. The van der Waals surface area contributed by atoms with Gasteiger partial charge in [0.25, 0.3) is 0 Å². The van der Waals surface area contributed by atoms with Crippen molar-refractivity contribution in [3.63, 3.8) is 0 Å². The molecule has 2 aromatic rings. The first-order chi connectivity index (χ1) is 11.7. The number of carbonyl (C=O) groups is 1. The van der Waals surface area contributed by atoms with E-state index >= 15 is 0 Å². The van der Waals surface area contributed by atoms with Crippen LogP contribution in [0.4, 0.5) is 10.5 Å². The lowest BCUT2D eigenvalue weighted by Gasteiger charge is -2.30. The van der Waals surface area contributed by atoms with E-state index in [1.807, 2.05) is 36.1 Å². The molecule has 0 unspecified atom stereocenters. The van der Waals surface area contributed by atoms with Crippen LogP contribution < -0.4 is 15.5 Å². The molecule has 2 heterocycles. The predicted octanol–water partition coefficient (Wildman–Crippen LogP) is 3.01. The average molecular weight is 326 g/mol. The smallest absolute Gasteiger partial charge is 0.315 e. The molecule has 1 fully saturated rings. The summed E-state index contributed by atoms with van der Waals surface area (Å²) in [5.41, 5.74) is 3.52.